The second-order valence-electron chi connectivity index (χ2n) is 5.09. The fraction of sp³-hybridized carbons (Fsp3) is 0.500. The number of amides is 1. The molecule has 1 aliphatic rings. The predicted molar refractivity (Wildman–Crippen MR) is 86.5 cm³/mol. The highest BCUT2D eigenvalue weighted by atomic mass is 79.9. The van der Waals surface area contributed by atoms with Crippen molar-refractivity contribution in [1.29, 1.82) is 0 Å². The smallest absolute Gasteiger partial charge is 0.228 e. The summed E-state index contributed by atoms with van der Waals surface area (Å²) in [4.78, 5) is 12.3. The quantitative estimate of drug-likeness (QED) is 0.879. The Morgan fingerprint density at radius 2 is 2.05 bits per heavy atom. The summed E-state index contributed by atoms with van der Waals surface area (Å²) in [7, 11) is -3.22. The number of nitrogens with zero attached hydrogens (tertiary/aromatic N) is 1. The molecule has 1 N–H and O–H groups in total. The van der Waals surface area contributed by atoms with Crippen molar-refractivity contribution in [3.63, 3.8) is 0 Å². The molecule has 21 heavy (non-hydrogen) atoms. The van der Waals surface area contributed by atoms with E-state index in [1.165, 1.54) is 4.31 Å². The molecule has 1 aromatic carbocycles. The molecule has 0 unspecified atom stereocenters. The fourth-order valence-corrected chi connectivity index (χ4v) is 3.81. The van der Waals surface area contributed by atoms with Gasteiger partial charge in [-0.3, -0.25) is 4.79 Å². The van der Waals surface area contributed by atoms with Crippen molar-refractivity contribution >= 4 is 37.5 Å². The van der Waals surface area contributed by atoms with E-state index in [1.807, 2.05) is 24.3 Å². The van der Waals surface area contributed by atoms with Crippen LogP contribution in [0.3, 0.4) is 0 Å². The zero-order chi connectivity index (χ0) is 15.5. The predicted octanol–water partition coefficient (Wildman–Crippen LogP) is 2.45. The molecule has 7 heteroatoms. The normalized spacial score (nSPS) is 20.2. The van der Waals surface area contributed by atoms with Gasteiger partial charge in [-0.1, -0.05) is 15.9 Å². The third kappa shape index (κ3) is 4.28. The molecule has 0 bridgehead atoms. The Balaban J connectivity index is 2.01. The lowest BCUT2D eigenvalue weighted by Crippen LogP contribution is -2.44. The van der Waals surface area contributed by atoms with Gasteiger partial charge in [-0.25, -0.2) is 12.7 Å². The molecular formula is C14H19BrN2O3S. The first-order chi connectivity index (χ1) is 9.92. The third-order valence-corrected chi connectivity index (χ3v) is 6.00. The Kier molecular flexibility index (Phi) is 5.40. The van der Waals surface area contributed by atoms with Crippen LogP contribution in [-0.2, 0) is 14.8 Å². The highest BCUT2D eigenvalue weighted by Crippen LogP contribution is 2.22. The molecule has 1 amide bonds. The molecule has 0 radical (unpaired) electrons. The molecular weight excluding hydrogens is 356 g/mol. The molecule has 0 spiro atoms. The molecule has 1 aromatic rings. The largest absolute Gasteiger partial charge is 0.326 e. The molecule has 0 aliphatic carbocycles. The number of carbonyl (C=O) groups excluding carboxylic acids is 1. The van der Waals surface area contributed by atoms with E-state index in [9.17, 15) is 13.2 Å². The monoisotopic (exact) mass is 374 g/mol. The molecule has 1 heterocycles. The van der Waals surface area contributed by atoms with Crippen molar-refractivity contribution in [3.05, 3.63) is 28.7 Å². The number of sulfonamides is 1. The topological polar surface area (TPSA) is 66.5 Å². The van der Waals surface area contributed by atoms with Crippen LogP contribution in [0.4, 0.5) is 5.69 Å². The maximum absolute atomic E-state index is 12.3. The number of benzene rings is 1. The Morgan fingerprint density at radius 1 is 1.38 bits per heavy atom. The summed E-state index contributed by atoms with van der Waals surface area (Å²) < 4.78 is 26.2. The van der Waals surface area contributed by atoms with Gasteiger partial charge >= 0.3 is 0 Å². The van der Waals surface area contributed by atoms with Gasteiger partial charge in [0.15, 0.2) is 0 Å². The highest BCUT2D eigenvalue weighted by molar-refractivity contribution is 9.10. The van der Waals surface area contributed by atoms with E-state index in [2.05, 4.69) is 21.2 Å². The SMILES string of the molecule is CCS(=O)(=O)N1CCC[C@H](C(=O)Nc2ccc(Br)cc2)C1. The molecule has 5 nitrogen and oxygen atoms in total. The highest BCUT2D eigenvalue weighted by Gasteiger charge is 2.31. The summed E-state index contributed by atoms with van der Waals surface area (Å²) in [6.07, 6.45) is 1.44. The van der Waals surface area contributed by atoms with Crippen molar-refractivity contribution in [2.24, 2.45) is 5.92 Å². The molecule has 1 aliphatic heterocycles. The number of piperidine rings is 1. The lowest BCUT2D eigenvalue weighted by atomic mass is 9.99. The van der Waals surface area contributed by atoms with Crippen LogP contribution in [0.5, 0.6) is 0 Å². The first-order valence-electron chi connectivity index (χ1n) is 6.96. The van der Waals surface area contributed by atoms with Gasteiger partial charge in [0.1, 0.15) is 0 Å². The first kappa shape index (κ1) is 16.5. The zero-order valence-electron chi connectivity index (χ0n) is 11.9. The number of anilines is 1. The van der Waals surface area contributed by atoms with E-state index in [0.29, 0.717) is 6.54 Å². The van der Waals surface area contributed by atoms with Crippen molar-refractivity contribution in [1.82, 2.24) is 4.31 Å². The molecule has 0 aromatic heterocycles. The van der Waals surface area contributed by atoms with E-state index in [-0.39, 0.29) is 24.1 Å². The van der Waals surface area contributed by atoms with Crippen LogP contribution in [0.15, 0.2) is 28.7 Å². The van der Waals surface area contributed by atoms with E-state index in [4.69, 9.17) is 0 Å². The van der Waals surface area contributed by atoms with Gasteiger partial charge < -0.3 is 5.32 Å². The van der Waals surface area contributed by atoms with Gasteiger partial charge in [0.2, 0.25) is 15.9 Å². The van der Waals surface area contributed by atoms with Gasteiger partial charge in [-0.05, 0) is 44.0 Å². The van der Waals surface area contributed by atoms with Gasteiger partial charge in [0.25, 0.3) is 0 Å². The van der Waals surface area contributed by atoms with Crippen molar-refractivity contribution in [3.8, 4) is 0 Å². The van der Waals surface area contributed by atoms with E-state index in [0.717, 1.165) is 23.0 Å². The van der Waals surface area contributed by atoms with Crippen LogP contribution in [0, 0.1) is 5.92 Å². The van der Waals surface area contributed by atoms with Crippen LogP contribution >= 0.6 is 15.9 Å². The molecule has 0 saturated carbocycles. The molecule has 2 rings (SSSR count). The third-order valence-electron chi connectivity index (χ3n) is 3.62. The van der Waals surface area contributed by atoms with Gasteiger partial charge in [0, 0.05) is 23.2 Å². The fourth-order valence-electron chi connectivity index (χ4n) is 2.37. The standard InChI is InChI=1S/C14H19BrN2O3S/c1-2-21(19,20)17-9-3-4-11(10-17)14(18)16-13-7-5-12(15)6-8-13/h5-8,11H,2-4,9-10H2,1H3,(H,16,18)/t11-/m0/s1. The second-order valence-corrected chi connectivity index (χ2v) is 8.27. The summed E-state index contributed by atoms with van der Waals surface area (Å²) in [6.45, 7) is 2.41. The average Bonchev–Trinajstić information content (AvgIpc) is 2.49. The molecule has 1 atom stereocenters. The van der Waals surface area contributed by atoms with Crippen LogP contribution in [0.2, 0.25) is 0 Å². The van der Waals surface area contributed by atoms with Gasteiger partial charge in [0.05, 0.1) is 11.7 Å². The zero-order valence-corrected chi connectivity index (χ0v) is 14.3. The van der Waals surface area contributed by atoms with E-state index >= 15 is 0 Å². The number of halogens is 1. The second kappa shape index (κ2) is 6.89. The summed E-state index contributed by atoms with van der Waals surface area (Å²) in [6, 6.07) is 7.32. The maximum atomic E-state index is 12.3. The van der Waals surface area contributed by atoms with E-state index < -0.39 is 10.0 Å². The Bertz CT molecular complexity index is 601. The molecule has 116 valence electrons. The average molecular weight is 375 g/mol. The Morgan fingerprint density at radius 3 is 2.67 bits per heavy atom. The lowest BCUT2D eigenvalue weighted by molar-refractivity contribution is -0.120. The van der Waals surface area contributed by atoms with Crippen molar-refractivity contribution in [2.75, 3.05) is 24.2 Å². The lowest BCUT2D eigenvalue weighted by Gasteiger charge is -2.30. The van der Waals surface area contributed by atoms with Crippen LogP contribution in [-0.4, -0.2) is 37.5 Å². The number of rotatable bonds is 4. The minimum atomic E-state index is -3.22. The molecule has 1 fully saturated rings. The van der Waals surface area contributed by atoms with Gasteiger partial charge in [-0.2, -0.15) is 0 Å². The minimum absolute atomic E-state index is 0.0774. The summed E-state index contributed by atoms with van der Waals surface area (Å²) in [5.41, 5.74) is 0.721. The first-order valence-corrected chi connectivity index (χ1v) is 9.37. The Labute approximate surface area is 133 Å². The van der Waals surface area contributed by atoms with Crippen molar-refractivity contribution < 1.29 is 13.2 Å². The van der Waals surface area contributed by atoms with Crippen LogP contribution < -0.4 is 5.32 Å². The molecule has 1 saturated heterocycles. The number of carbonyl (C=O) groups is 1. The van der Waals surface area contributed by atoms with Crippen LogP contribution in [0.25, 0.3) is 0 Å². The maximum Gasteiger partial charge on any atom is 0.228 e. The summed E-state index contributed by atoms with van der Waals surface area (Å²) >= 11 is 3.34. The van der Waals surface area contributed by atoms with Crippen molar-refractivity contribution in [2.45, 2.75) is 19.8 Å². The van der Waals surface area contributed by atoms with E-state index in [1.54, 1.807) is 6.92 Å². The summed E-state index contributed by atoms with van der Waals surface area (Å²) in [5.74, 6) is -0.328. The minimum Gasteiger partial charge on any atom is -0.326 e. The van der Waals surface area contributed by atoms with Gasteiger partial charge in [-0.15, -0.1) is 0 Å². The number of nitrogens with one attached hydrogen (secondary N) is 1. The number of hydrogen-bond donors (Lipinski definition) is 1. The van der Waals surface area contributed by atoms with Crippen LogP contribution in [0.1, 0.15) is 19.8 Å². The Hall–Kier alpha value is -0.920. The summed E-state index contributed by atoms with van der Waals surface area (Å²) in [5, 5.41) is 2.85. The number of hydrogen-bond acceptors (Lipinski definition) is 3.